The fourth-order valence-electron chi connectivity index (χ4n) is 4.25. The van der Waals surface area contributed by atoms with E-state index in [-0.39, 0.29) is 22.0 Å². The maximum Gasteiger partial charge on any atom is 0.349 e. The van der Waals surface area contributed by atoms with Crippen molar-refractivity contribution < 1.29 is 33.3 Å². The van der Waals surface area contributed by atoms with Gasteiger partial charge in [0, 0.05) is 10.9 Å². The SMILES string of the molecule is CCOC(=O)c1c(NC(=O)c2cc(-c3ccc(OC)c(OC)c3)nc3ccccc23)sc(C(=O)OC(C)(C)C)c1C. The number of nitrogens with zero attached hydrogens (tertiary/aromatic N) is 1. The van der Waals surface area contributed by atoms with Crippen molar-refractivity contribution in [3.63, 3.8) is 0 Å². The van der Waals surface area contributed by atoms with Crippen LogP contribution >= 0.6 is 11.3 Å². The molecule has 0 fully saturated rings. The Morgan fingerprint density at radius 3 is 2.32 bits per heavy atom. The lowest BCUT2D eigenvalue weighted by molar-refractivity contribution is 0.00743. The number of hydrogen-bond acceptors (Lipinski definition) is 9. The molecule has 4 aromatic rings. The first-order valence-electron chi connectivity index (χ1n) is 12.9. The lowest BCUT2D eigenvalue weighted by atomic mass is 10.0. The Labute approximate surface area is 242 Å². The third-order valence-corrected chi connectivity index (χ3v) is 7.27. The molecule has 2 aromatic carbocycles. The lowest BCUT2D eigenvalue weighted by Crippen LogP contribution is -2.23. The number of benzene rings is 2. The molecule has 214 valence electrons. The minimum absolute atomic E-state index is 0.115. The van der Waals surface area contributed by atoms with E-state index in [4.69, 9.17) is 23.9 Å². The first-order valence-corrected chi connectivity index (χ1v) is 13.8. The van der Waals surface area contributed by atoms with Gasteiger partial charge in [-0.25, -0.2) is 14.6 Å². The molecule has 1 amide bonds. The topological polar surface area (TPSA) is 113 Å². The molecule has 0 aliphatic rings. The molecule has 1 N–H and O–H groups in total. The Morgan fingerprint density at radius 2 is 1.66 bits per heavy atom. The molecule has 0 atom stereocenters. The van der Waals surface area contributed by atoms with Crippen LogP contribution < -0.4 is 14.8 Å². The second-order valence-electron chi connectivity index (χ2n) is 10.1. The number of aromatic nitrogens is 1. The molecule has 9 nitrogen and oxygen atoms in total. The number of nitrogens with one attached hydrogen (secondary N) is 1. The van der Waals surface area contributed by atoms with Crippen LogP contribution in [-0.2, 0) is 9.47 Å². The molecule has 41 heavy (non-hydrogen) atoms. The molecule has 0 spiro atoms. The maximum atomic E-state index is 13.8. The zero-order valence-electron chi connectivity index (χ0n) is 24.0. The third-order valence-electron chi connectivity index (χ3n) is 6.08. The minimum atomic E-state index is -0.739. The Kier molecular flexibility index (Phi) is 8.63. The van der Waals surface area contributed by atoms with Gasteiger partial charge in [0.2, 0.25) is 0 Å². The van der Waals surface area contributed by atoms with Crippen molar-refractivity contribution in [1.82, 2.24) is 4.98 Å². The summed E-state index contributed by atoms with van der Waals surface area (Å²) in [4.78, 5) is 44.7. The van der Waals surface area contributed by atoms with Gasteiger partial charge in [0.15, 0.2) is 11.5 Å². The highest BCUT2D eigenvalue weighted by Gasteiger charge is 2.30. The van der Waals surface area contributed by atoms with E-state index in [9.17, 15) is 14.4 Å². The zero-order chi connectivity index (χ0) is 29.9. The van der Waals surface area contributed by atoms with E-state index in [1.807, 2.05) is 24.3 Å². The first-order chi connectivity index (χ1) is 19.5. The van der Waals surface area contributed by atoms with Gasteiger partial charge in [-0.05, 0) is 70.5 Å². The number of carbonyl (C=O) groups is 3. The van der Waals surface area contributed by atoms with E-state index in [0.29, 0.717) is 44.8 Å². The predicted octanol–water partition coefficient (Wildman–Crippen LogP) is 6.67. The molecular weight excluding hydrogens is 544 g/mol. The zero-order valence-corrected chi connectivity index (χ0v) is 24.9. The Hall–Kier alpha value is -4.44. The number of hydrogen-bond donors (Lipinski definition) is 1. The van der Waals surface area contributed by atoms with Crippen molar-refractivity contribution >= 4 is 45.1 Å². The number of para-hydroxylation sites is 1. The summed E-state index contributed by atoms with van der Waals surface area (Å²) in [6.45, 7) is 8.72. The van der Waals surface area contributed by atoms with Gasteiger partial charge >= 0.3 is 11.9 Å². The lowest BCUT2D eigenvalue weighted by Gasteiger charge is -2.19. The van der Waals surface area contributed by atoms with E-state index >= 15 is 0 Å². The molecule has 0 saturated heterocycles. The highest BCUT2D eigenvalue weighted by atomic mass is 32.1. The molecule has 0 aliphatic heterocycles. The molecule has 0 radical (unpaired) electrons. The average molecular weight is 577 g/mol. The number of rotatable bonds is 8. The summed E-state index contributed by atoms with van der Waals surface area (Å²) in [7, 11) is 3.10. The standard InChI is InChI=1S/C31H32N2O7S/c1-8-39-29(35)25-17(2)26(30(36)40-31(3,4)5)41-28(25)33-27(34)20-16-22(32-21-12-10-9-11-19(20)21)18-13-14-23(37-6)24(15-18)38-7/h9-16H,8H2,1-7H3,(H,33,34). The number of amides is 1. The van der Waals surface area contributed by atoms with Crippen molar-refractivity contribution in [3.05, 3.63) is 70.1 Å². The summed E-state index contributed by atoms with van der Waals surface area (Å²) < 4.78 is 21.6. The molecule has 10 heteroatoms. The van der Waals surface area contributed by atoms with Crippen LogP contribution in [0.5, 0.6) is 11.5 Å². The van der Waals surface area contributed by atoms with Crippen LogP contribution in [0.15, 0.2) is 48.5 Å². The Morgan fingerprint density at radius 1 is 0.951 bits per heavy atom. The predicted molar refractivity (Wildman–Crippen MR) is 158 cm³/mol. The van der Waals surface area contributed by atoms with Crippen molar-refractivity contribution in [2.24, 2.45) is 0 Å². The molecular formula is C31H32N2O7S. The van der Waals surface area contributed by atoms with E-state index in [0.717, 1.165) is 11.3 Å². The number of esters is 2. The molecule has 0 unspecified atom stereocenters. The summed E-state index contributed by atoms with van der Waals surface area (Å²) in [5.41, 5.74) is 1.95. The van der Waals surface area contributed by atoms with Gasteiger partial charge in [0.25, 0.3) is 5.91 Å². The summed E-state index contributed by atoms with van der Waals surface area (Å²) >= 11 is 0.974. The smallest absolute Gasteiger partial charge is 0.349 e. The normalized spacial score (nSPS) is 11.2. The van der Waals surface area contributed by atoms with Gasteiger partial charge in [0.05, 0.1) is 43.2 Å². The highest BCUT2D eigenvalue weighted by Crippen LogP contribution is 2.37. The van der Waals surface area contributed by atoms with Crippen molar-refractivity contribution in [2.45, 2.75) is 40.2 Å². The number of ether oxygens (including phenoxy) is 4. The summed E-state index contributed by atoms with van der Waals surface area (Å²) in [5.74, 6) is -0.620. The van der Waals surface area contributed by atoms with E-state index in [2.05, 4.69) is 5.32 Å². The largest absolute Gasteiger partial charge is 0.493 e. The van der Waals surface area contributed by atoms with E-state index in [1.165, 1.54) is 0 Å². The fraction of sp³-hybridized carbons (Fsp3) is 0.290. The van der Waals surface area contributed by atoms with Crippen LogP contribution in [0.25, 0.3) is 22.2 Å². The van der Waals surface area contributed by atoms with Crippen molar-refractivity contribution in [3.8, 4) is 22.8 Å². The monoisotopic (exact) mass is 576 g/mol. The summed E-state index contributed by atoms with van der Waals surface area (Å²) in [5, 5.41) is 3.67. The molecule has 0 saturated carbocycles. The van der Waals surface area contributed by atoms with Gasteiger partial charge in [0.1, 0.15) is 15.5 Å². The van der Waals surface area contributed by atoms with Crippen LogP contribution in [0.1, 0.15) is 63.6 Å². The van der Waals surface area contributed by atoms with Crippen LogP contribution in [0.2, 0.25) is 0 Å². The number of methoxy groups -OCH3 is 2. The summed E-state index contributed by atoms with van der Waals surface area (Å²) in [6, 6.07) is 14.3. The number of pyridine rings is 1. The van der Waals surface area contributed by atoms with Crippen molar-refractivity contribution in [2.75, 3.05) is 26.1 Å². The summed E-state index contributed by atoms with van der Waals surface area (Å²) in [6.07, 6.45) is 0. The molecule has 4 rings (SSSR count). The van der Waals surface area contributed by atoms with Gasteiger partial charge < -0.3 is 24.3 Å². The second-order valence-corrected chi connectivity index (χ2v) is 11.1. The number of thiophene rings is 1. The van der Waals surface area contributed by atoms with E-state index < -0.39 is 23.4 Å². The molecule has 0 aliphatic carbocycles. The minimum Gasteiger partial charge on any atom is -0.493 e. The van der Waals surface area contributed by atoms with Crippen LogP contribution in [0.4, 0.5) is 5.00 Å². The van der Waals surface area contributed by atoms with Gasteiger partial charge in [-0.1, -0.05) is 18.2 Å². The molecule has 2 heterocycles. The fourth-order valence-corrected chi connectivity index (χ4v) is 5.31. The van der Waals surface area contributed by atoms with Gasteiger partial charge in [-0.3, -0.25) is 4.79 Å². The second kappa shape index (κ2) is 12.0. The van der Waals surface area contributed by atoms with Gasteiger partial charge in [-0.15, -0.1) is 11.3 Å². The quantitative estimate of drug-likeness (QED) is 0.231. The highest BCUT2D eigenvalue weighted by molar-refractivity contribution is 7.18. The number of carbonyl (C=O) groups excluding carboxylic acids is 3. The number of anilines is 1. The number of fused-ring (bicyclic) bond motifs is 1. The average Bonchev–Trinajstić information content (AvgIpc) is 3.26. The van der Waals surface area contributed by atoms with Gasteiger partial charge in [-0.2, -0.15) is 0 Å². The van der Waals surface area contributed by atoms with Crippen LogP contribution in [0, 0.1) is 6.92 Å². The molecule has 0 bridgehead atoms. The Bertz CT molecular complexity index is 1640. The van der Waals surface area contributed by atoms with Crippen LogP contribution in [0.3, 0.4) is 0 Å². The third kappa shape index (κ3) is 6.33. The Balaban J connectivity index is 1.80. The van der Waals surface area contributed by atoms with Crippen LogP contribution in [-0.4, -0.2) is 49.3 Å². The maximum absolute atomic E-state index is 13.8. The van der Waals surface area contributed by atoms with E-state index in [1.54, 1.807) is 73.1 Å². The molecule has 2 aromatic heterocycles. The van der Waals surface area contributed by atoms with Crippen molar-refractivity contribution in [1.29, 1.82) is 0 Å². The first kappa shape index (κ1) is 29.5.